The highest BCUT2D eigenvalue weighted by molar-refractivity contribution is 6.61. The van der Waals surface area contributed by atoms with Gasteiger partial charge in [0, 0.05) is 11.4 Å². The molecule has 0 unspecified atom stereocenters. The highest BCUT2D eigenvalue weighted by atomic mass is 16.5. The maximum Gasteiger partial charge on any atom is 0.491 e. The van der Waals surface area contributed by atoms with Crippen LogP contribution in [0.25, 0.3) is 4.85 Å². The normalized spacial score (nSPS) is 12.0. The summed E-state index contributed by atoms with van der Waals surface area (Å²) >= 11 is 0. The van der Waals surface area contributed by atoms with Gasteiger partial charge in [-0.3, -0.25) is 0 Å². The van der Waals surface area contributed by atoms with Gasteiger partial charge in [-0.05, 0) is 35.3 Å². The van der Waals surface area contributed by atoms with Crippen molar-refractivity contribution in [1.82, 2.24) is 0 Å². The lowest BCUT2D eigenvalue weighted by Gasteiger charge is -2.08. The van der Waals surface area contributed by atoms with Gasteiger partial charge in [-0.25, -0.2) is 4.85 Å². The zero-order valence-corrected chi connectivity index (χ0v) is 12.1. The molecular formula is C16H17BN2O2. The molecule has 0 amide bonds. The smallest absolute Gasteiger partial charge is 0.423 e. The van der Waals surface area contributed by atoms with Gasteiger partial charge in [0.2, 0.25) is 0 Å². The van der Waals surface area contributed by atoms with Crippen molar-refractivity contribution in [1.29, 1.82) is 0 Å². The summed E-state index contributed by atoms with van der Waals surface area (Å²) in [6.07, 6.45) is 0. The van der Waals surface area contributed by atoms with Gasteiger partial charge in [-0.2, -0.15) is 0 Å². The molecular weight excluding hydrogens is 263 g/mol. The molecule has 2 aromatic carbocycles. The van der Waals surface area contributed by atoms with E-state index in [1.54, 1.807) is 12.1 Å². The topological polar surface area (TPSA) is 45.9 Å². The predicted molar refractivity (Wildman–Crippen MR) is 86.2 cm³/mol. The van der Waals surface area contributed by atoms with Crippen LogP contribution in [0.5, 0.6) is 0 Å². The van der Waals surface area contributed by atoms with Crippen molar-refractivity contribution in [3.05, 3.63) is 59.4 Å². The van der Waals surface area contributed by atoms with Gasteiger partial charge in [-0.1, -0.05) is 32.0 Å². The van der Waals surface area contributed by atoms with Crippen LogP contribution in [0.3, 0.4) is 0 Å². The van der Waals surface area contributed by atoms with Crippen LogP contribution in [0.1, 0.15) is 19.4 Å². The summed E-state index contributed by atoms with van der Waals surface area (Å²) in [6, 6.07) is 13.0. The SMILES string of the molecule is CC.[C-]#[N+]c1ccc(Nc2ccc3c(c2)COB3O)cc1. The van der Waals surface area contributed by atoms with Crippen molar-refractivity contribution in [2.24, 2.45) is 0 Å². The van der Waals surface area contributed by atoms with Crippen LogP contribution in [-0.4, -0.2) is 12.1 Å². The summed E-state index contributed by atoms with van der Waals surface area (Å²) in [5.74, 6) is 0. The fraction of sp³-hybridized carbons (Fsp3) is 0.188. The molecule has 0 bridgehead atoms. The lowest BCUT2D eigenvalue weighted by atomic mass is 9.79. The lowest BCUT2D eigenvalue weighted by molar-refractivity contribution is 0.275. The number of fused-ring (bicyclic) bond motifs is 1. The molecule has 2 N–H and O–H groups in total. The first kappa shape index (κ1) is 15.1. The van der Waals surface area contributed by atoms with Gasteiger partial charge in [0.05, 0.1) is 13.2 Å². The Morgan fingerprint density at radius 2 is 1.81 bits per heavy atom. The Kier molecular flexibility index (Phi) is 4.99. The van der Waals surface area contributed by atoms with Crippen LogP contribution in [0.15, 0.2) is 42.5 Å². The van der Waals surface area contributed by atoms with Crippen molar-refractivity contribution >= 4 is 29.6 Å². The van der Waals surface area contributed by atoms with Crippen LogP contribution < -0.4 is 10.8 Å². The highest BCUT2D eigenvalue weighted by Crippen LogP contribution is 2.22. The van der Waals surface area contributed by atoms with E-state index in [1.165, 1.54) is 0 Å². The summed E-state index contributed by atoms with van der Waals surface area (Å²) in [7, 11) is -0.804. The first-order chi connectivity index (χ1) is 10.3. The molecule has 5 heteroatoms. The zero-order chi connectivity index (χ0) is 15.2. The average molecular weight is 280 g/mol. The summed E-state index contributed by atoms with van der Waals surface area (Å²) < 4.78 is 5.15. The van der Waals surface area contributed by atoms with E-state index in [4.69, 9.17) is 11.2 Å². The summed E-state index contributed by atoms with van der Waals surface area (Å²) in [5, 5.41) is 12.8. The van der Waals surface area contributed by atoms with E-state index in [0.717, 1.165) is 22.4 Å². The average Bonchev–Trinajstić information content (AvgIpc) is 2.91. The largest absolute Gasteiger partial charge is 0.491 e. The second kappa shape index (κ2) is 6.93. The number of hydrogen-bond donors (Lipinski definition) is 2. The first-order valence-electron chi connectivity index (χ1n) is 6.93. The fourth-order valence-corrected chi connectivity index (χ4v) is 2.09. The molecule has 21 heavy (non-hydrogen) atoms. The molecule has 1 aliphatic heterocycles. The Morgan fingerprint density at radius 1 is 1.14 bits per heavy atom. The van der Waals surface area contributed by atoms with Gasteiger partial charge in [-0.15, -0.1) is 0 Å². The minimum atomic E-state index is -0.804. The minimum absolute atomic E-state index is 0.433. The Morgan fingerprint density at radius 3 is 2.48 bits per heavy atom. The summed E-state index contributed by atoms with van der Waals surface area (Å²) in [5.41, 5.74) is 4.30. The number of nitrogens with zero attached hydrogens (tertiary/aromatic N) is 1. The molecule has 0 radical (unpaired) electrons. The van der Waals surface area contributed by atoms with Gasteiger partial charge in [0.25, 0.3) is 0 Å². The standard InChI is InChI=1S/C14H11BN2O2.C2H6/c1-16-11-2-4-12(5-3-11)17-13-6-7-14-10(8-13)9-19-15(14)18;1-2/h2-8,17-18H,9H2;1-2H3. The molecule has 4 nitrogen and oxygen atoms in total. The van der Waals surface area contributed by atoms with E-state index in [9.17, 15) is 5.02 Å². The predicted octanol–water partition coefficient (Wildman–Crippen LogP) is 3.22. The van der Waals surface area contributed by atoms with E-state index in [0.29, 0.717) is 12.3 Å². The van der Waals surface area contributed by atoms with Crippen LogP contribution in [0.2, 0.25) is 0 Å². The molecule has 0 atom stereocenters. The van der Waals surface area contributed by atoms with Crippen LogP contribution >= 0.6 is 0 Å². The van der Waals surface area contributed by atoms with E-state index < -0.39 is 7.12 Å². The first-order valence-corrected chi connectivity index (χ1v) is 6.93. The second-order valence-electron chi connectivity index (χ2n) is 4.36. The van der Waals surface area contributed by atoms with Crippen LogP contribution in [0, 0.1) is 6.57 Å². The molecule has 3 rings (SSSR count). The molecule has 0 spiro atoms. The molecule has 1 aliphatic rings. The number of hydrogen-bond acceptors (Lipinski definition) is 3. The van der Waals surface area contributed by atoms with E-state index in [1.807, 2.05) is 44.2 Å². The zero-order valence-electron chi connectivity index (χ0n) is 12.1. The monoisotopic (exact) mass is 280 g/mol. The Bertz CT molecular complexity index is 650. The van der Waals surface area contributed by atoms with Crippen LogP contribution in [0.4, 0.5) is 17.1 Å². The van der Waals surface area contributed by atoms with E-state index in [2.05, 4.69) is 10.2 Å². The fourth-order valence-electron chi connectivity index (χ4n) is 2.09. The number of anilines is 2. The van der Waals surface area contributed by atoms with Gasteiger partial charge >= 0.3 is 7.12 Å². The molecule has 0 saturated carbocycles. The number of rotatable bonds is 2. The maximum atomic E-state index is 9.55. The maximum absolute atomic E-state index is 9.55. The molecule has 106 valence electrons. The Balaban J connectivity index is 0.000000774. The Hall–Kier alpha value is -2.29. The quantitative estimate of drug-likeness (QED) is 0.655. The van der Waals surface area contributed by atoms with E-state index >= 15 is 0 Å². The second-order valence-corrected chi connectivity index (χ2v) is 4.36. The van der Waals surface area contributed by atoms with Gasteiger partial charge in [0.15, 0.2) is 5.69 Å². The molecule has 1 heterocycles. The molecule has 0 saturated heterocycles. The van der Waals surface area contributed by atoms with Crippen molar-refractivity contribution < 1.29 is 9.68 Å². The number of benzene rings is 2. The number of nitrogens with one attached hydrogen (secondary N) is 1. The Labute approximate surface area is 125 Å². The summed E-state index contributed by atoms with van der Waals surface area (Å²) in [4.78, 5) is 3.35. The van der Waals surface area contributed by atoms with Crippen molar-refractivity contribution in [3.8, 4) is 0 Å². The molecule has 0 aliphatic carbocycles. The minimum Gasteiger partial charge on any atom is -0.423 e. The van der Waals surface area contributed by atoms with Crippen molar-refractivity contribution in [3.63, 3.8) is 0 Å². The van der Waals surface area contributed by atoms with Crippen LogP contribution in [-0.2, 0) is 11.3 Å². The molecule has 0 aromatic heterocycles. The third-order valence-corrected chi connectivity index (χ3v) is 3.09. The third kappa shape index (κ3) is 3.43. The lowest BCUT2D eigenvalue weighted by Crippen LogP contribution is -2.27. The van der Waals surface area contributed by atoms with Gasteiger partial charge < -0.3 is 15.0 Å². The third-order valence-electron chi connectivity index (χ3n) is 3.09. The molecule has 2 aromatic rings. The van der Waals surface area contributed by atoms with Crippen molar-refractivity contribution in [2.45, 2.75) is 20.5 Å². The van der Waals surface area contributed by atoms with E-state index in [-0.39, 0.29) is 0 Å². The molecule has 0 fully saturated rings. The highest BCUT2D eigenvalue weighted by Gasteiger charge is 2.26. The van der Waals surface area contributed by atoms with Crippen molar-refractivity contribution in [2.75, 3.05) is 5.32 Å². The van der Waals surface area contributed by atoms with Gasteiger partial charge in [0.1, 0.15) is 0 Å². The summed E-state index contributed by atoms with van der Waals surface area (Å²) in [6.45, 7) is 11.3.